The Labute approximate surface area is 120 Å². The minimum atomic E-state index is -1.39. The molecule has 0 aliphatic rings. The molecule has 4 nitrogen and oxygen atoms in total. The van der Waals surface area contributed by atoms with Crippen molar-refractivity contribution in [2.45, 2.75) is 32.6 Å². The molecule has 0 atom stereocenters. The third kappa shape index (κ3) is 12.6. The molecule has 0 aliphatic heterocycles. The monoisotopic (exact) mass is 212 g/mol. The summed E-state index contributed by atoms with van der Waals surface area (Å²) in [5.41, 5.74) is 0. The smallest absolute Gasteiger partial charge is 0.550 e. The van der Waals surface area contributed by atoms with Gasteiger partial charge in [0.2, 0.25) is 0 Å². The fourth-order valence-electron chi connectivity index (χ4n) is 0.707. The van der Waals surface area contributed by atoms with Gasteiger partial charge in [-0.25, -0.2) is 0 Å². The molecule has 0 saturated heterocycles. The molecule has 0 saturated carbocycles. The van der Waals surface area contributed by atoms with Crippen LogP contribution >= 0.6 is 0 Å². The molecule has 0 N–H and O–H groups in total. The summed E-state index contributed by atoms with van der Waals surface area (Å²) in [6, 6.07) is 0. The van der Waals surface area contributed by atoms with Crippen LogP contribution in [0.2, 0.25) is 0 Å². The van der Waals surface area contributed by atoms with Crippen LogP contribution in [0.5, 0.6) is 0 Å². The molecule has 0 bridgehead atoms. The van der Waals surface area contributed by atoms with E-state index in [1.807, 2.05) is 6.92 Å². The van der Waals surface area contributed by atoms with E-state index in [4.69, 9.17) is 0 Å². The Morgan fingerprint density at radius 1 is 1.31 bits per heavy atom. The second-order valence-corrected chi connectivity index (χ2v) is 2.48. The van der Waals surface area contributed by atoms with Crippen molar-refractivity contribution in [1.29, 1.82) is 0 Å². The van der Waals surface area contributed by atoms with Gasteiger partial charge in [-0.1, -0.05) is 19.8 Å². The molecule has 0 amide bonds. The average Bonchev–Trinajstić information content (AvgIpc) is 1.97. The minimum Gasteiger partial charge on any atom is -0.550 e. The standard InChI is InChI=1S/C8H14O4.K/c1-2-3-4-5-12-8(11)6-7(9)10;/h2-6H2,1H3,(H,9,10);/q;+1/p-1. The van der Waals surface area contributed by atoms with Crippen LogP contribution in [0.3, 0.4) is 0 Å². The third-order valence-corrected chi connectivity index (χ3v) is 1.30. The average molecular weight is 212 g/mol. The molecule has 0 unspecified atom stereocenters. The van der Waals surface area contributed by atoms with Gasteiger partial charge in [-0.05, 0) is 6.42 Å². The van der Waals surface area contributed by atoms with E-state index < -0.39 is 18.4 Å². The maximum atomic E-state index is 10.6. The summed E-state index contributed by atoms with van der Waals surface area (Å²) in [5.74, 6) is -2.11. The Bertz CT molecular complexity index is 158. The molecule has 0 rings (SSSR count). The SMILES string of the molecule is CCCCCOC(=O)CC(=O)[O-].[K+]. The zero-order valence-electron chi connectivity index (χ0n) is 8.17. The van der Waals surface area contributed by atoms with Crippen LogP contribution < -0.4 is 56.5 Å². The van der Waals surface area contributed by atoms with Crippen LogP contribution in [0.25, 0.3) is 0 Å². The number of carbonyl (C=O) groups excluding carboxylic acids is 2. The molecule has 0 spiro atoms. The Kier molecular flexibility index (Phi) is 13.1. The van der Waals surface area contributed by atoms with Gasteiger partial charge in [-0.15, -0.1) is 0 Å². The Balaban J connectivity index is 0. The van der Waals surface area contributed by atoms with Crippen molar-refractivity contribution < 1.29 is 70.8 Å². The van der Waals surface area contributed by atoms with E-state index in [-0.39, 0.29) is 51.4 Å². The van der Waals surface area contributed by atoms with Crippen molar-refractivity contribution in [3.8, 4) is 0 Å². The van der Waals surface area contributed by atoms with E-state index in [0.29, 0.717) is 6.61 Å². The molecule has 13 heavy (non-hydrogen) atoms. The molecular weight excluding hydrogens is 199 g/mol. The molecule has 5 heteroatoms. The molecule has 0 radical (unpaired) electrons. The number of carbonyl (C=O) groups is 2. The van der Waals surface area contributed by atoms with E-state index in [0.717, 1.165) is 19.3 Å². The van der Waals surface area contributed by atoms with Crippen LogP contribution in [0.4, 0.5) is 0 Å². The summed E-state index contributed by atoms with van der Waals surface area (Å²) in [7, 11) is 0. The minimum absolute atomic E-state index is 0. The molecule has 0 aliphatic carbocycles. The quantitative estimate of drug-likeness (QED) is 0.202. The number of carboxylic acids is 1. The van der Waals surface area contributed by atoms with Gasteiger partial charge >= 0.3 is 57.4 Å². The number of carboxylic acid groups (broad SMARTS) is 1. The summed E-state index contributed by atoms with van der Waals surface area (Å²) in [6.07, 6.45) is 2.16. The van der Waals surface area contributed by atoms with E-state index in [9.17, 15) is 14.7 Å². The van der Waals surface area contributed by atoms with E-state index in [2.05, 4.69) is 4.74 Å². The number of ether oxygens (including phenoxy) is 1. The van der Waals surface area contributed by atoms with Gasteiger partial charge < -0.3 is 14.6 Å². The Hall–Kier alpha value is 0.576. The largest absolute Gasteiger partial charge is 1.00 e. The topological polar surface area (TPSA) is 66.4 Å². The molecular formula is C8H13KO4. The maximum Gasteiger partial charge on any atom is 1.00 e. The second-order valence-electron chi connectivity index (χ2n) is 2.48. The Morgan fingerprint density at radius 2 is 1.92 bits per heavy atom. The summed E-state index contributed by atoms with van der Waals surface area (Å²) < 4.78 is 4.60. The summed E-state index contributed by atoms with van der Waals surface area (Å²) in [5, 5.41) is 9.89. The van der Waals surface area contributed by atoms with Crippen molar-refractivity contribution in [1.82, 2.24) is 0 Å². The van der Waals surface area contributed by atoms with E-state index in [1.165, 1.54) is 0 Å². The number of hydrogen-bond donors (Lipinski definition) is 0. The van der Waals surface area contributed by atoms with Gasteiger partial charge in [0.1, 0.15) is 0 Å². The normalized spacial score (nSPS) is 8.69. The van der Waals surface area contributed by atoms with Gasteiger partial charge in [0.15, 0.2) is 0 Å². The van der Waals surface area contributed by atoms with Gasteiger partial charge in [0.05, 0.1) is 19.0 Å². The van der Waals surface area contributed by atoms with Gasteiger partial charge in [0.25, 0.3) is 0 Å². The Morgan fingerprint density at radius 3 is 2.38 bits per heavy atom. The van der Waals surface area contributed by atoms with Crippen molar-refractivity contribution in [2.24, 2.45) is 0 Å². The van der Waals surface area contributed by atoms with E-state index >= 15 is 0 Å². The van der Waals surface area contributed by atoms with Gasteiger partial charge in [-0.2, -0.15) is 0 Å². The van der Waals surface area contributed by atoms with Crippen molar-refractivity contribution >= 4 is 11.9 Å². The predicted molar refractivity (Wildman–Crippen MR) is 40.1 cm³/mol. The molecule has 0 aromatic carbocycles. The zero-order chi connectivity index (χ0) is 9.40. The van der Waals surface area contributed by atoms with Crippen LogP contribution in [0.15, 0.2) is 0 Å². The van der Waals surface area contributed by atoms with Crippen molar-refractivity contribution in [3.05, 3.63) is 0 Å². The van der Waals surface area contributed by atoms with Crippen LogP contribution in [0.1, 0.15) is 32.6 Å². The predicted octanol–water partition coefficient (Wildman–Crippen LogP) is -3.14. The summed E-state index contributed by atoms with van der Waals surface area (Å²) in [6.45, 7) is 2.34. The van der Waals surface area contributed by atoms with Gasteiger partial charge in [-0.3, -0.25) is 4.79 Å². The third-order valence-electron chi connectivity index (χ3n) is 1.30. The number of hydrogen-bond acceptors (Lipinski definition) is 4. The van der Waals surface area contributed by atoms with Crippen LogP contribution in [-0.2, 0) is 14.3 Å². The fraction of sp³-hybridized carbons (Fsp3) is 0.750. The molecule has 70 valence electrons. The number of unbranched alkanes of at least 4 members (excludes halogenated alkanes) is 2. The summed E-state index contributed by atoms with van der Waals surface area (Å²) in [4.78, 5) is 20.5. The number of aliphatic carboxylic acids is 1. The van der Waals surface area contributed by atoms with Crippen molar-refractivity contribution in [2.75, 3.05) is 6.61 Å². The van der Waals surface area contributed by atoms with Gasteiger partial charge in [0, 0.05) is 0 Å². The number of rotatable bonds is 6. The summed E-state index contributed by atoms with van der Waals surface area (Å²) >= 11 is 0. The number of esters is 1. The van der Waals surface area contributed by atoms with Crippen molar-refractivity contribution in [3.63, 3.8) is 0 Å². The fourth-order valence-corrected chi connectivity index (χ4v) is 0.707. The molecule has 0 aromatic rings. The molecule has 0 aromatic heterocycles. The second kappa shape index (κ2) is 10.7. The van der Waals surface area contributed by atoms with Crippen LogP contribution in [0, 0.1) is 0 Å². The zero-order valence-corrected chi connectivity index (χ0v) is 11.3. The first-order chi connectivity index (χ1) is 5.66. The first-order valence-corrected chi connectivity index (χ1v) is 4.02. The first-order valence-electron chi connectivity index (χ1n) is 4.02. The molecule has 0 heterocycles. The van der Waals surface area contributed by atoms with Crippen LogP contribution in [-0.4, -0.2) is 18.5 Å². The maximum absolute atomic E-state index is 10.6. The molecule has 0 fully saturated rings. The first kappa shape index (κ1) is 16.0. The van der Waals surface area contributed by atoms with E-state index in [1.54, 1.807) is 0 Å².